The average Bonchev–Trinajstić information content (AvgIpc) is 2.16. The zero-order valence-corrected chi connectivity index (χ0v) is 9.18. The Morgan fingerprint density at radius 2 is 2.14 bits per heavy atom. The predicted molar refractivity (Wildman–Crippen MR) is 52.5 cm³/mol. The second kappa shape index (κ2) is 4.79. The van der Waals surface area contributed by atoms with E-state index in [0.717, 1.165) is 5.56 Å². The fourth-order valence-electron chi connectivity index (χ4n) is 1.27. The largest absolute Gasteiger partial charge is 0.392 e. The molecule has 1 aromatic heterocycles. The Hall–Kier alpha value is -0.550. The number of halogens is 3. The Morgan fingerprint density at radius 1 is 1.50 bits per heavy atom. The maximum atomic E-state index is 12.5. The van der Waals surface area contributed by atoms with Gasteiger partial charge in [0.2, 0.25) is 0 Å². The van der Waals surface area contributed by atoms with Gasteiger partial charge in [0.15, 0.2) is 0 Å². The van der Waals surface area contributed by atoms with Crippen molar-refractivity contribution in [2.75, 3.05) is 0 Å². The first kappa shape index (κ1) is 11.5. The molecule has 0 aromatic carbocycles. The third kappa shape index (κ3) is 2.09. The van der Waals surface area contributed by atoms with Gasteiger partial charge in [-0.25, -0.2) is 8.78 Å². The van der Waals surface area contributed by atoms with Crippen molar-refractivity contribution in [2.45, 2.75) is 25.3 Å². The third-order valence-electron chi connectivity index (χ3n) is 2.05. The first-order chi connectivity index (χ1) is 6.61. The Bertz CT molecular complexity index is 331. The number of aliphatic hydroxyl groups excluding tert-OH is 1. The van der Waals surface area contributed by atoms with E-state index in [2.05, 4.69) is 20.9 Å². The van der Waals surface area contributed by atoms with Gasteiger partial charge in [-0.3, -0.25) is 4.98 Å². The molecule has 14 heavy (non-hydrogen) atoms. The molecule has 78 valence electrons. The number of hydrogen-bond acceptors (Lipinski definition) is 2. The summed E-state index contributed by atoms with van der Waals surface area (Å²) in [5.41, 5.74) is 1.40. The van der Waals surface area contributed by atoms with Crippen LogP contribution in [0.1, 0.15) is 28.8 Å². The molecule has 1 rings (SSSR count). The molecule has 0 fully saturated rings. The highest BCUT2D eigenvalue weighted by molar-refractivity contribution is 9.08. The van der Waals surface area contributed by atoms with E-state index in [9.17, 15) is 8.78 Å². The zero-order chi connectivity index (χ0) is 10.7. The van der Waals surface area contributed by atoms with E-state index in [0.29, 0.717) is 10.9 Å². The molecule has 0 atom stereocenters. The lowest BCUT2D eigenvalue weighted by Crippen LogP contribution is -2.04. The van der Waals surface area contributed by atoms with Gasteiger partial charge in [0.25, 0.3) is 6.43 Å². The fraction of sp³-hybridized carbons (Fsp3) is 0.444. The van der Waals surface area contributed by atoms with Gasteiger partial charge in [-0.15, -0.1) is 0 Å². The summed E-state index contributed by atoms with van der Waals surface area (Å²) in [6, 6.07) is 0. The minimum Gasteiger partial charge on any atom is -0.392 e. The van der Waals surface area contributed by atoms with E-state index in [1.807, 2.05) is 0 Å². The molecule has 0 saturated heterocycles. The molecule has 2 nitrogen and oxygen atoms in total. The summed E-state index contributed by atoms with van der Waals surface area (Å²) in [6.07, 6.45) is -1.24. The number of rotatable bonds is 3. The topological polar surface area (TPSA) is 33.1 Å². The molecule has 5 heteroatoms. The van der Waals surface area contributed by atoms with Crippen molar-refractivity contribution >= 4 is 15.9 Å². The van der Waals surface area contributed by atoms with Crippen LogP contribution < -0.4 is 0 Å². The average molecular weight is 266 g/mol. The molecule has 0 bridgehead atoms. The van der Waals surface area contributed by atoms with Crippen LogP contribution in [-0.4, -0.2) is 10.1 Å². The predicted octanol–water partition coefficient (Wildman–Crippen LogP) is 2.71. The maximum absolute atomic E-state index is 12.5. The summed E-state index contributed by atoms with van der Waals surface area (Å²) < 4.78 is 24.9. The molecule has 0 aliphatic heterocycles. The molecule has 1 aromatic rings. The molecule has 0 aliphatic rings. The van der Waals surface area contributed by atoms with Gasteiger partial charge < -0.3 is 5.11 Å². The van der Waals surface area contributed by atoms with Crippen LogP contribution in [0, 0.1) is 6.92 Å². The smallest absolute Gasteiger partial charge is 0.280 e. The van der Waals surface area contributed by atoms with Crippen LogP contribution in [0.15, 0.2) is 6.20 Å². The SMILES string of the molecule is Cc1cnc(C(F)F)c(CO)c1CBr. The number of nitrogens with zero attached hydrogens (tertiary/aromatic N) is 1. The molecule has 0 radical (unpaired) electrons. The summed E-state index contributed by atoms with van der Waals surface area (Å²) in [6.45, 7) is 1.37. The first-order valence-electron chi connectivity index (χ1n) is 4.04. The molecule has 0 aliphatic carbocycles. The summed E-state index contributed by atoms with van der Waals surface area (Å²) >= 11 is 3.20. The van der Waals surface area contributed by atoms with Gasteiger partial charge >= 0.3 is 0 Å². The molecular formula is C9H10BrF2NO. The van der Waals surface area contributed by atoms with E-state index in [-0.39, 0.29) is 11.3 Å². The maximum Gasteiger partial charge on any atom is 0.280 e. The normalized spacial score (nSPS) is 11.0. The van der Waals surface area contributed by atoms with Crippen molar-refractivity contribution in [1.82, 2.24) is 4.98 Å². The first-order valence-corrected chi connectivity index (χ1v) is 5.16. The van der Waals surface area contributed by atoms with Gasteiger partial charge in [-0.2, -0.15) is 0 Å². The highest BCUT2D eigenvalue weighted by Crippen LogP contribution is 2.26. The van der Waals surface area contributed by atoms with Crippen molar-refractivity contribution in [2.24, 2.45) is 0 Å². The van der Waals surface area contributed by atoms with E-state index in [1.54, 1.807) is 6.92 Å². The molecule has 0 spiro atoms. The molecule has 0 unspecified atom stereocenters. The Balaban J connectivity index is 3.33. The van der Waals surface area contributed by atoms with E-state index >= 15 is 0 Å². The van der Waals surface area contributed by atoms with E-state index < -0.39 is 13.0 Å². The van der Waals surface area contributed by atoms with Crippen LogP contribution in [0.5, 0.6) is 0 Å². The van der Waals surface area contributed by atoms with Gasteiger partial charge in [-0.05, 0) is 18.1 Å². The monoisotopic (exact) mass is 265 g/mol. The number of aryl methyl sites for hydroxylation is 1. The molecule has 1 N–H and O–H groups in total. The van der Waals surface area contributed by atoms with Gasteiger partial charge in [-0.1, -0.05) is 15.9 Å². The number of alkyl halides is 3. The summed E-state index contributed by atoms with van der Waals surface area (Å²) in [7, 11) is 0. The van der Waals surface area contributed by atoms with Crippen LogP contribution in [-0.2, 0) is 11.9 Å². The summed E-state index contributed by atoms with van der Waals surface area (Å²) in [5.74, 6) is 0. The van der Waals surface area contributed by atoms with Crippen molar-refractivity contribution in [3.05, 3.63) is 28.6 Å². The van der Waals surface area contributed by atoms with E-state index in [1.165, 1.54) is 6.20 Å². The molecule has 0 saturated carbocycles. The minimum atomic E-state index is -2.64. The standard InChI is InChI=1S/C9H10BrF2NO/c1-5-3-13-8(9(11)12)7(4-14)6(5)2-10/h3,9,14H,2,4H2,1H3. The van der Waals surface area contributed by atoms with Crippen molar-refractivity contribution in [3.8, 4) is 0 Å². The van der Waals surface area contributed by atoms with Crippen molar-refractivity contribution in [3.63, 3.8) is 0 Å². The summed E-state index contributed by atoms with van der Waals surface area (Å²) in [5, 5.41) is 9.45. The van der Waals surface area contributed by atoms with Crippen molar-refractivity contribution < 1.29 is 13.9 Å². The fourth-order valence-corrected chi connectivity index (χ4v) is 2.05. The Labute approximate surface area is 89.1 Å². The van der Waals surface area contributed by atoms with Gasteiger partial charge in [0.1, 0.15) is 5.69 Å². The Morgan fingerprint density at radius 3 is 2.57 bits per heavy atom. The highest BCUT2D eigenvalue weighted by Gasteiger charge is 2.18. The van der Waals surface area contributed by atoms with Gasteiger partial charge in [0, 0.05) is 17.1 Å². The molecular weight excluding hydrogens is 256 g/mol. The highest BCUT2D eigenvalue weighted by atomic mass is 79.9. The number of pyridine rings is 1. The molecule has 0 amide bonds. The minimum absolute atomic E-state index is 0.233. The number of aliphatic hydroxyl groups is 1. The second-order valence-corrected chi connectivity index (χ2v) is 3.44. The van der Waals surface area contributed by atoms with Crippen LogP contribution in [0.25, 0.3) is 0 Å². The lowest BCUT2D eigenvalue weighted by molar-refractivity contribution is 0.141. The van der Waals surface area contributed by atoms with E-state index in [4.69, 9.17) is 5.11 Å². The summed E-state index contributed by atoms with van der Waals surface area (Å²) in [4.78, 5) is 3.63. The third-order valence-corrected chi connectivity index (χ3v) is 2.61. The molecule has 1 heterocycles. The second-order valence-electron chi connectivity index (χ2n) is 2.88. The van der Waals surface area contributed by atoms with Crippen molar-refractivity contribution in [1.29, 1.82) is 0 Å². The number of hydrogen-bond donors (Lipinski definition) is 1. The quantitative estimate of drug-likeness (QED) is 0.853. The Kier molecular flexibility index (Phi) is 3.95. The zero-order valence-electron chi connectivity index (χ0n) is 7.60. The van der Waals surface area contributed by atoms with Crippen LogP contribution >= 0.6 is 15.9 Å². The lowest BCUT2D eigenvalue weighted by Gasteiger charge is -2.12. The van der Waals surface area contributed by atoms with Crippen LogP contribution in [0.2, 0.25) is 0 Å². The van der Waals surface area contributed by atoms with Gasteiger partial charge in [0.05, 0.1) is 6.61 Å². The number of aromatic nitrogens is 1. The van der Waals surface area contributed by atoms with Crippen LogP contribution in [0.3, 0.4) is 0 Å². The lowest BCUT2D eigenvalue weighted by atomic mass is 10.0. The van der Waals surface area contributed by atoms with Crippen LogP contribution in [0.4, 0.5) is 8.78 Å².